The molecule has 0 aliphatic heterocycles. The predicted octanol–water partition coefficient (Wildman–Crippen LogP) is 1.78. The molecule has 0 aliphatic rings. The maximum Gasteiger partial charge on any atom is 0.148 e. The second-order valence-electron chi connectivity index (χ2n) is 3.94. The third-order valence-electron chi connectivity index (χ3n) is 2.75. The van der Waals surface area contributed by atoms with Crippen molar-refractivity contribution < 1.29 is 0 Å². The summed E-state index contributed by atoms with van der Waals surface area (Å²) in [5, 5.41) is 3.34. The van der Waals surface area contributed by atoms with Crippen LogP contribution in [-0.4, -0.2) is 16.5 Å². The molecule has 1 aromatic heterocycles. The first kappa shape index (κ1) is 12.7. The van der Waals surface area contributed by atoms with Crippen LogP contribution >= 0.6 is 0 Å². The molecular weight excluding hydrogens is 202 g/mol. The van der Waals surface area contributed by atoms with Crippen LogP contribution in [0.1, 0.15) is 32.8 Å². The number of hydrogen-bond donors (Lipinski definition) is 3. The number of rotatable bonds is 6. The van der Waals surface area contributed by atoms with Gasteiger partial charge in [-0.15, -0.1) is 0 Å². The smallest absolute Gasteiger partial charge is 0.148 e. The van der Waals surface area contributed by atoms with Crippen LogP contribution in [0.25, 0.3) is 0 Å². The van der Waals surface area contributed by atoms with Gasteiger partial charge in [-0.25, -0.2) is 15.8 Å². The Morgan fingerprint density at radius 1 is 1.31 bits per heavy atom. The molecule has 0 saturated carbocycles. The molecule has 1 heterocycles. The molecule has 5 heteroatoms. The Bertz CT molecular complexity index is 326. The molecule has 0 spiro atoms. The van der Waals surface area contributed by atoms with Crippen molar-refractivity contribution in [2.75, 3.05) is 17.3 Å². The maximum absolute atomic E-state index is 5.41. The third kappa shape index (κ3) is 3.06. The molecule has 0 aromatic carbocycles. The summed E-state index contributed by atoms with van der Waals surface area (Å²) < 4.78 is 0. The standard InChI is InChI=1S/C11H21N5/c1-4-8(3)6-13-10-9(5-2)11(16-12)15-7-14-10/h7-8H,4-6,12H2,1-3H3,(H2,13,14,15,16). The van der Waals surface area contributed by atoms with Gasteiger partial charge in [-0.2, -0.15) is 0 Å². The van der Waals surface area contributed by atoms with Crippen LogP contribution in [-0.2, 0) is 6.42 Å². The SMILES string of the molecule is CCc1c(NN)ncnc1NCC(C)CC. The molecule has 1 atom stereocenters. The fraction of sp³-hybridized carbons (Fsp3) is 0.636. The molecule has 1 unspecified atom stereocenters. The predicted molar refractivity (Wildman–Crippen MR) is 67.2 cm³/mol. The fourth-order valence-corrected chi connectivity index (χ4v) is 1.44. The van der Waals surface area contributed by atoms with Crippen molar-refractivity contribution in [1.29, 1.82) is 0 Å². The number of nitrogens with zero attached hydrogens (tertiary/aromatic N) is 2. The first-order valence-electron chi connectivity index (χ1n) is 5.77. The van der Waals surface area contributed by atoms with E-state index in [1.54, 1.807) is 0 Å². The number of hydrogen-bond acceptors (Lipinski definition) is 5. The minimum atomic E-state index is 0.633. The second kappa shape index (κ2) is 6.27. The summed E-state index contributed by atoms with van der Waals surface area (Å²) >= 11 is 0. The monoisotopic (exact) mass is 223 g/mol. The molecule has 0 amide bonds. The van der Waals surface area contributed by atoms with Crippen LogP contribution in [0.15, 0.2) is 6.33 Å². The molecule has 1 rings (SSSR count). The van der Waals surface area contributed by atoms with Gasteiger partial charge in [-0.1, -0.05) is 27.2 Å². The maximum atomic E-state index is 5.41. The average Bonchev–Trinajstić information content (AvgIpc) is 2.34. The van der Waals surface area contributed by atoms with Gasteiger partial charge < -0.3 is 10.7 Å². The largest absolute Gasteiger partial charge is 0.369 e. The highest BCUT2D eigenvalue weighted by atomic mass is 15.3. The van der Waals surface area contributed by atoms with Gasteiger partial charge in [0, 0.05) is 12.1 Å². The van der Waals surface area contributed by atoms with E-state index < -0.39 is 0 Å². The number of nitrogens with one attached hydrogen (secondary N) is 2. The summed E-state index contributed by atoms with van der Waals surface area (Å²) in [4.78, 5) is 8.34. The zero-order chi connectivity index (χ0) is 12.0. The van der Waals surface area contributed by atoms with Gasteiger partial charge in [-0.05, 0) is 12.3 Å². The van der Waals surface area contributed by atoms with E-state index >= 15 is 0 Å². The van der Waals surface area contributed by atoms with E-state index in [4.69, 9.17) is 5.84 Å². The Morgan fingerprint density at radius 3 is 2.56 bits per heavy atom. The highest BCUT2D eigenvalue weighted by molar-refractivity contribution is 5.56. The van der Waals surface area contributed by atoms with Crippen LogP contribution in [0.5, 0.6) is 0 Å². The lowest BCUT2D eigenvalue weighted by Gasteiger charge is -2.14. The Labute approximate surface area is 96.8 Å². The summed E-state index contributed by atoms with van der Waals surface area (Å²) in [6, 6.07) is 0. The summed E-state index contributed by atoms with van der Waals surface area (Å²) in [7, 11) is 0. The Morgan fingerprint density at radius 2 is 2.00 bits per heavy atom. The molecule has 90 valence electrons. The number of nitrogen functional groups attached to an aromatic ring is 1. The van der Waals surface area contributed by atoms with Crippen molar-refractivity contribution >= 4 is 11.6 Å². The number of hydrazine groups is 1. The van der Waals surface area contributed by atoms with E-state index in [-0.39, 0.29) is 0 Å². The van der Waals surface area contributed by atoms with Crippen LogP contribution < -0.4 is 16.6 Å². The molecule has 0 fully saturated rings. The van der Waals surface area contributed by atoms with Gasteiger partial charge in [0.25, 0.3) is 0 Å². The topological polar surface area (TPSA) is 75.9 Å². The lowest BCUT2D eigenvalue weighted by atomic mass is 10.1. The number of aromatic nitrogens is 2. The van der Waals surface area contributed by atoms with Crippen molar-refractivity contribution in [2.24, 2.45) is 11.8 Å². The first-order valence-corrected chi connectivity index (χ1v) is 5.77. The van der Waals surface area contributed by atoms with Gasteiger partial charge in [0.2, 0.25) is 0 Å². The van der Waals surface area contributed by atoms with Crippen molar-refractivity contribution in [3.05, 3.63) is 11.9 Å². The van der Waals surface area contributed by atoms with Crippen LogP contribution in [0.2, 0.25) is 0 Å². The quantitative estimate of drug-likeness (QED) is 0.506. The minimum Gasteiger partial charge on any atom is -0.369 e. The zero-order valence-electron chi connectivity index (χ0n) is 10.2. The summed E-state index contributed by atoms with van der Waals surface area (Å²) in [6.45, 7) is 7.38. The normalized spacial score (nSPS) is 12.2. The van der Waals surface area contributed by atoms with Gasteiger partial charge >= 0.3 is 0 Å². The average molecular weight is 223 g/mol. The Kier molecular flexibility index (Phi) is 4.98. The molecule has 5 nitrogen and oxygen atoms in total. The summed E-state index contributed by atoms with van der Waals surface area (Å²) in [5.41, 5.74) is 3.63. The first-order chi connectivity index (χ1) is 7.72. The number of anilines is 2. The fourth-order valence-electron chi connectivity index (χ4n) is 1.44. The van der Waals surface area contributed by atoms with Crippen molar-refractivity contribution in [1.82, 2.24) is 9.97 Å². The Balaban J connectivity index is 2.78. The van der Waals surface area contributed by atoms with E-state index in [1.165, 1.54) is 6.33 Å². The van der Waals surface area contributed by atoms with Crippen molar-refractivity contribution in [3.8, 4) is 0 Å². The van der Waals surface area contributed by atoms with Crippen LogP contribution in [0.3, 0.4) is 0 Å². The van der Waals surface area contributed by atoms with Gasteiger partial charge in [0.15, 0.2) is 0 Å². The summed E-state index contributed by atoms with van der Waals surface area (Å²) in [5.74, 6) is 7.62. The second-order valence-corrected chi connectivity index (χ2v) is 3.94. The van der Waals surface area contributed by atoms with Crippen LogP contribution in [0.4, 0.5) is 11.6 Å². The van der Waals surface area contributed by atoms with E-state index in [1.807, 2.05) is 0 Å². The zero-order valence-corrected chi connectivity index (χ0v) is 10.2. The van der Waals surface area contributed by atoms with E-state index in [0.29, 0.717) is 11.7 Å². The van der Waals surface area contributed by atoms with Gasteiger partial charge in [0.1, 0.15) is 18.0 Å². The van der Waals surface area contributed by atoms with Gasteiger partial charge in [-0.3, -0.25) is 0 Å². The Hall–Kier alpha value is -1.36. The highest BCUT2D eigenvalue weighted by Crippen LogP contribution is 2.19. The molecule has 0 radical (unpaired) electrons. The lowest BCUT2D eigenvalue weighted by molar-refractivity contribution is 0.592. The molecule has 0 aliphatic carbocycles. The molecule has 1 aromatic rings. The van der Waals surface area contributed by atoms with E-state index in [0.717, 1.165) is 30.8 Å². The molecule has 16 heavy (non-hydrogen) atoms. The third-order valence-corrected chi connectivity index (χ3v) is 2.75. The highest BCUT2D eigenvalue weighted by Gasteiger charge is 2.09. The molecule has 0 saturated heterocycles. The minimum absolute atomic E-state index is 0.633. The van der Waals surface area contributed by atoms with Crippen LogP contribution in [0, 0.1) is 5.92 Å². The van der Waals surface area contributed by atoms with Gasteiger partial charge in [0.05, 0.1) is 0 Å². The lowest BCUT2D eigenvalue weighted by Crippen LogP contribution is -2.16. The summed E-state index contributed by atoms with van der Waals surface area (Å²) in [6.07, 6.45) is 3.53. The van der Waals surface area contributed by atoms with E-state index in [9.17, 15) is 0 Å². The molecule has 4 N–H and O–H groups in total. The van der Waals surface area contributed by atoms with Crippen molar-refractivity contribution in [3.63, 3.8) is 0 Å². The van der Waals surface area contributed by atoms with E-state index in [2.05, 4.69) is 41.5 Å². The molecular formula is C11H21N5. The number of nitrogens with two attached hydrogens (primary N) is 1. The molecule has 0 bridgehead atoms. The van der Waals surface area contributed by atoms with Crippen molar-refractivity contribution in [2.45, 2.75) is 33.6 Å².